The number of hydrazine groups is 1. The summed E-state index contributed by atoms with van der Waals surface area (Å²) in [6.45, 7) is 11.1. The lowest BCUT2D eigenvalue weighted by molar-refractivity contribution is 0.0373. The molecule has 2 N–H and O–H groups in total. The Bertz CT molecular complexity index is 1220. The molecule has 3 heterocycles. The molecule has 2 aromatic carbocycles. The van der Waals surface area contributed by atoms with Gasteiger partial charge in [0.1, 0.15) is 24.0 Å². The van der Waals surface area contributed by atoms with Crippen molar-refractivity contribution in [2.45, 2.75) is 33.4 Å². The van der Waals surface area contributed by atoms with Crippen molar-refractivity contribution in [2.24, 2.45) is 10.9 Å². The number of hydrogen-bond donors (Lipinski definition) is 2. The first-order valence-electron chi connectivity index (χ1n) is 13.5. The molecule has 0 spiro atoms. The molecule has 0 aromatic heterocycles. The molecule has 5 rings (SSSR count). The van der Waals surface area contributed by atoms with Crippen LogP contribution in [0.5, 0.6) is 5.75 Å². The van der Waals surface area contributed by atoms with Crippen LogP contribution in [0, 0.1) is 5.92 Å². The van der Waals surface area contributed by atoms with Crippen LogP contribution in [0.3, 0.4) is 0 Å². The Morgan fingerprint density at radius 1 is 1.11 bits per heavy atom. The molecule has 8 heteroatoms. The number of anilines is 1. The third kappa shape index (κ3) is 5.88. The van der Waals surface area contributed by atoms with Gasteiger partial charge in [0.2, 0.25) is 0 Å². The molecular formula is C30H39N5O3. The van der Waals surface area contributed by atoms with Crippen molar-refractivity contribution in [3.8, 4) is 5.75 Å². The van der Waals surface area contributed by atoms with Crippen LogP contribution >= 0.6 is 0 Å². The number of aliphatic imine (C=N–C) groups is 1. The van der Waals surface area contributed by atoms with Crippen LogP contribution in [0.2, 0.25) is 0 Å². The van der Waals surface area contributed by atoms with Gasteiger partial charge < -0.3 is 24.4 Å². The van der Waals surface area contributed by atoms with E-state index in [0.29, 0.717) is 24.9 Å². The number of nitrogens with zero attached hydrogens (tertiary/aromatic N) is 4. The van der Waals surface area contributed by atoms with Gasteiger partial charge in [-0.05, 0) is 36.1 Å². The summed E-state index contributed by atoms with van der Waals surface area (Å²) in [4.78, 5) is 9.76. The van der Waals surface area contributed by atoms with Gasteiger partial charge in [0.25, 0.3) is 0 Å². The lowest BCUT2D eigenvalue weighted by Crippen LogP contribution is -2.46. The maximum Gasteiger partial charge on any atom is 0.150 e. The summed E-state index contributed by atoms with van der Waals surface area (Å²) in [6.07, 6.45) is 1.61. The quantitative estimate of drug-likeness (QED) is 0.525. The molecule has 8 nitrogen and oxygen atoms in total. The van der Waals surface area contributed by atoms with Gasteiger partial charge >= 0.3 is 0 Å². The Kier molecular flexibility index (Phi) is 8.02. The van der Waals surface area contributed by atoms with Crippen LogP contribution in [0.1, 0.15) is 31.9 Å². The molecule has 1 saturated heterocycles. The van der Waals surface area contributed by atoms with E-state index in [-0.39, 0.29) is 6.61 Å². The van der Waals surface area contributed by atoms with Crippen molar-refractivity contribution in [3.05, 3.63) is 82.9 Å². The number of benzene rings is 2. The second-order valence-corrected chi connectivity index (χ2v) is 10.5. The lowest BCUT2D eigenvalue weighted by Gasteiger charge is -2.38. The highest BCUT2D eigenvalue weighted by Gasteiger charge is 2.33. The van der Waals surface area contributed by atoms with Crippen LogP contribution in [-0.2, 0) is 11.3 Å². The molecule has 2 aromatic rings. The summed E-state index contributed by atoms with van der Waals surface area (Å²) < 4.78 is 11.6. The Morgan fingerprint density at radius 2 is 1.87 bits per heavy atom. The number of nitrogens with one attached hydrogen (secondary N) is 1. The first kappa shape index (κ1) is 26.3. The molecule has 0 radical (unpaired) electrons. The summed E-state index contributed by atoms with van der Waals surface area (Å²) >= 11 is 0. The van der Waals surface area contributed by atoms with Crippen molar-refractivity contribution < 1.29 is 14.6 Å². The monoisotopic (exact) mass is 517 g/mol. The van der Waals surface area contributed by atoms with Gasteiger partial charge in [0.05, 0.1) is 25.0 Å². The smallest absolute Gasteiger partial charge is 0.150 e. The van der Waals surface area contributed by atoms with Gasteiger partial charge in [-0.25, -0.2) is 15.4 Å². The van der Waals surface area contributed by atoms with Crippen molar-refractivity contribution in [2.75, 3.05) is 51.4 Å². The largest absolute Gasteiger partial charge is 0.491 e. The van der Waals surface area contributed by atoms with Gasteiger partial charge in [-0.1, -0.05) is 44.2 Å². The molecule has 0 aliphatic carbocycles. The van der Waals surface area contributed by atoms with Crippen molar-refractivity contribution in [1.29, 1.82) is 0 Å². The summed E-state index contributed by atoms with van der Waals surface area (Å²) in [5.41, 5.74) is 8.99. The number of hydrogen-bond acceptors (Lipinski definition) is 8. The van der Waals surface area contributed by atoms with Gasteiger partial charge in [-0.2, -0.15) is 0 Å². The van der Waals surface area contributed by atoms with E-state index in [4.69, 9.17) is 14.5 Å². The highest BCUT2D eigenvalue weighted by molar-refractivity contribution is 6.11. The minimum Gasteiger partial charge on any atom is -0.491 e. The van der Waals surface area contributed by atoms with Crippen molar-refractivity contribution >= 4 is 11.4 Å². The van der Waals surface area contributed by atoms with Crippen molar-refractivity contribution in [3.63, 3.8) is 0 Å². The molecule has 202 valence electrons. The van der Waals surface area contributed by atoms with E-state index in [1.165, 1.54) is 11.1 Å². The Balaban J connectivity index is 1.56. The molecule has 3 aliphatic rings. The summed E-state index contributed by atoms with van der Waals surface area (Å²) in [5.74, 6) is 3.17. The Hall–Kier alpha value is -3.33. The van der Waals surface area contributed by atoms with E-state index in [1.807, 2.05) is 18.2 Å². The van der Waals surface area contributed by atoms with Crippen LogP contribution in [0.4, 0.5) is 5.69 Å². The number of allylic oxidation sites excluding steroid dienone is 1. The number of ether oxygens (including phenoxy) is 2. The zero-order chi connectivity index (χ0) is 26.6. The molecule has 0 bridgehead atoms. The molecule has 38 heavy (non-hydrogen) atoms. The first-order chi connectivity index (χ1) is 18.4. The molecule has 1 unspecified atom stereocenters. The average Bonchev–Trinajstić information content (AvgIpc) is 3.37. The van der Waals surface area contributed by atoms with Crippen LogP contribution in [0.25, 0.3) is 0 Å². The number of aliphatic hydroxyl groups is 1. The molecule has 0 saturated carbocycles. The molecular weight excluding hydrogens is 478 g/mol. The fraction of sp³-hybridized carbons (Fsp3) is 0.433. The second-order valence-electron chi connectivity index (χ2n) is 10.5. The maximum atomic E-state index is 9.86. The van der Waals surface area contributed by atoms with Gasteiger partial charge in [-0.3, -0.25) is 0 Å². The SMILES string of the molecule is CC(O)COc1cc(C2=NC3=C(C(C)C)CNN3C(N3CCOCC3)=C2)cc(N(C)Cc2ccccc2)c1. The normalized spacial score (nSPS) is 18.4. The molecule has 0 amide bonds. The summed E-state index contributed by atoms with van der Waals surface area (Å²) in [5, 5.41) is 12.0. The molecule has 3 aliphatic heterocycles. The number of rotatable bonds is 9. The minimum absolute atomic E-state index is 0.229. The van der Waals surface area contributed by atoms with Crippen LogP contribution in [-0.4, -0.2) is 73.3 Å². The number of morpholine rings is 1. The third-order valence-corrected chi connectivity index (χ3v) is 7.06. The van der Waals surface area contributed by atoms with Crippen LogP contribution < -0.4 is 15.1 Å². The van der Waals surface area contributed by atoms with E-state index in [9.17, 15) is 5.11 Å². The molecule has 1 fully saturated rings. The standard InChI is InChI=1S/C30H39N5O3/c1-21(2)27-18-31-35-29(34-10-12-37-13-11-34)17-28(32-30(27)35)24-14-25(16-26(15-24)38-20-22(3)36)33(4)19-23-8-6-5-7-9-23/h5-9,14-17,21-22,31,36H,10-13,18-20H2,1-4H3. The number of aliphatic hydroxyl groups excluding tert-OH is 1. The van der Waals surface area contributed by atoms with E-state index >= 15 is 0 Å². The van der Waals surface area contributed by atoms with Crippen LogP contribution in [0.15, 0.2) is 76.8 Å². The van der Waals surface area contributed by atoms with E-state index in [0.717, 1.165) is 54.8 Å². The fourth-order valence-electron chi connectivity index (χ4n) is 4.94. The van der Waals surface area contributed by atoms with E-state index in [2.05, 4.69) is 77.5 Å². The zero-order valence-corrected chi connectivity index (χ0v) is 22.9. The second kappa shape index (κ2) is 11.6. The predicted octanol–water partition coefficient (Wildman–Crippen LogP) is 3.75. The Morgan fingerprint density at radius 3 is 2.58 bits per heavy atom. The Labute approximate surface area is 225 Å². The van der Waals surface area contributed by atoms with Crippen molar-refractivity contribution in [1.82, 2.24) is 15.3 Å². The zero-order valence-electron chi connectivity index (χ0n) is 22.9. The van der Waals surface area contributed by atoms with Gasteiger partial charge in [0, 0.05) is 56.6 Å². The lowest BCUT2D eigenvalue weighted by atomic mass is 10.0. The third-order valence-electron chi connectivity index (χ3n) is 7.06. The van der Waals surface area contributed by atoms with Gasteiger partial charge in [0.15, 0.2) is 0 Å². The fourth-order valence-corrected chi connectivity index (χ4v) is 4.94. The minimum atomic E-state index is -0.555. The average molecular weight is 518 g/mol. The molecule has 1 atom stereocenters. The van der Waals surface area contributed by atoms with E-state index in [1.54, 1.807) is 6.92 Å². The topological polar surface area (TPSA) is 72.8 Å². The van der Waals surface area contributed by atoms with Gasteiger partial charge in [-0.15, -0.1) is 0 Å². The summed E-state index contributed by atoms with van der Waals surface area (Å²) in [6, 6.07) is 16.7. The maximum absolute atomic E-state index is 9.86. The predicted molar refractivity (Wildman–Crippen MR) is 151 cm³/mol. The highest BCUT2D eigenvalue weighted by Crippen LogP contribution is 2.34. The first-order valence-corrected chi connectivity index (χ1v) is 13.5. The highest BCUT2D eigenvalue weighted by atomic mass is 16.5. The van der Waals surface area contributed by atoms with E-state index < -0.39 is 6.10 Å². The summed E-state index contributed by atoms with van der Waals surface area (Å²) in [7, 11) is 2.09. The number of fused-ring (bicyclic) bond motifs is 1.